The second-order valence-corrected chi connectivity index (χ2v) is 4.60. The Morgan fingerprint density at radius 2 is 2.29 bits per heavy atom. The highest BCUT2D eigenvalue weighted by Crippen LogP contribution is 2.22. The first kappa shape index (κ1) is 12.4. The van der Waals surface area contributed by atoms with E-state index >= 15 is 0 Å². The highest BCUT2D eigenvalue weighted by atomic mass is 16.5. The van der Waals surface area contributed by atoms with E-state index in [2.05, 4.69) is 35.5 Å². The Morgan fingerprint density at radius 1 is 1.41 bits per heavy atom. The lowest BCUT2D eigenvalue weighted by Crippen LogP contribution is -2.25. The topological polar surface area (TPSA) is 24.5 Å². The van der Waals surface area contributed by atoms with Gasteiger partial charge in [-0.15, -0.1) is 0 Å². The summed E-state index contributed by atoms with van der Waals surface area (Å²) < 4.78 is 5.55. The van der Waals surface area contributed by atoms with Crippen LogP contribution in [0.2, 0.25) is 0 Å². The van der Waals surface area contributed by atoms with Gasteiger partial charge in [0.2, 0.25) is 0 Å². The quantitative estimate of drug-likeness (QED) is 0.866. The van der Waals surface area contributed by atoms with Gasteiger partial charge in [-0.25, -0.2) is 0 Å². The van der Waals surface area contributed by atoms with Crippen LogP contribution in [0.25, 0.3) is 0 Å². The van der Waals surface area contributed by atoms with Crippen molar-refractivity contribution >= 4 is 0 Å². The standard InChI is InChI=1S/C14H22N2O/c1-3-17-13-6-4-5-12(11-13)14-7-9-16(2)10-8-15-14/h4-6,11,14-15H,3,7-10H2,1-2H3. The molecule has 0 saturated carbocycles. The second-order valence-electron chi connectivity index (χ2n) is 4.60. The van der Waals surface area contributed by atoms with Crippen LogP contribution in [0.15, 0.2) is 24.3 Å². The van der Waals surface area contributed by atoms with Crippen molar-refractivity contribution in [1.29, 1.82) is 0 Å². The lowest BCUT2D eigenvalue weighted by atomic mass is 10.0. The minimum atomic E-state index is 0.459. The van der Waals surface area contributed by atoms with Gasteiger partial charge in [0.15, 0.2) is 0 Å². The van der Waals surface area contributed by atoms with E-state index in [0.717, 1.165) is 38.4 Å². The molecule has 0 amide bonds. The summed E-state index contributed by atoms with van der Waals surface area (Å²) in [4.78, 5) is 2.37. The first-order chi connectivity index (χ1) is 8.29. The summed E-state index contributed by atoms with van der Waals surface area (Å²) in [5, 5.41) is 3.60. The molecule has 0 aromatic heterocycles. The normalized spacial score (nSPS) is 22.1. The van der Waals surface area contributed by atoms with Gasteiger partial charge in [0.1, 0.15) is 5.75 Å². The number of likely N-dealkylation sites (N-methyl/N-ethyl adjacent to an activating group) is 1. The van der Waals surface area contributed by atoms with Gasteiger partial charge < -0.3 is 15.0 Å². The van der Waals surface area contributed by atoms with Gasteiger partial charge in [-0.2, -0.15) is 0 Å². The van der Waals surface area contributed by atoms with Crippen LogP contribution >= 0.6 is 0 Å². The number of hydrogen-bond donors (Lipinski definition) is 1. The van der Waals surface area contributed by atoms with Gasteiger partial charge in [-0.05, 0) is 44.6 Å². The Balaban J connectivity index is 2.07. The van der Waals surface area contributed by atoms with E-state index in [1.54, 1.807) is 0 Å². The van der Waals surface area contributed by atoms with Crippen LogP contribution in [0.4, 0.5) is 0 Å². The summed E-state index contributed by atoms with van der Waals surface area (Å²) in [5.41, 5.74) is 1.34. The van der Waals surface area contributed by atoms with Crippen LogP contribution in [0.5, 0.6) is 5.75 Å². The molecule has 1 unspecified atom stereocenters. The summed E-state index contributed by atoms with van der Waals surface area (Å²) in [6.45, 7) is 6.08. The predicted octanol–water partition coefficient (Wildman–Crippen LogP) is 2.05. The number of nitrogens with one attached hydrogen (secondary N) is 1. The fourth-order valence-corrected chi connectivity index (χ4v) is 2.27. The number of benzene rings is 1. The zero-order valence-electron chi connectivity index (χ0n) is 10.8. The fraction of sp³-hybridized carbons (Fsp3) is 0.571. The average molecular weight is 234 g/mol. The first-order valence-corrected chi connectivity index (χ1v) is 6.44. The molecular formula is C14H22N2O. The van der Waals surface area contributed by atoms with Gasteiger partial charge in [0, 0.05) is 19.1 Å². The molecule has 1 aliphatic heterocycles. The third-order valence-corrected chi connectivity index (χ3v) is 3.26. The average Bonchev–Trinajstić information content (AvgIpc) is 2.55. The van der Waals surface area contributed by atoms with Crippen molar-refractivity contribution < 1.29 is 4.74 Å². The van der Waals surface area contributed by atoms with E-state index in [1.165, 1.54) is 5.56 Å². The molecule has 1 atom stereocenters. The van der Waals surface area contributed by atoms with Gasteiger partial charge >= 0.3 is 0 Å². The number of ether oxygens (including phenoxy) is 1. The van der Waals surface area contributed by atoms with Crippen molar-refractivity contribution in [3.05, 3.63) is 29.8 Å². The minimum absolute atomic E-state index is 0.459. The third kappa shape index (κ3) is 3.45. The van der Waals surface area contributed by atoms with E-state index in [9.17, 15) is 0 Å². The van der Waals surface area contributed by atoms with E-state index in [-0.39, 0.29) is 0 Å². The Morgan fingerprint density at radius 3 is 3.12 bits per heavy atom. The number of hydrogen-bond acceptors (Lipinski definition) is 3. The number of rotatable bonds is 3. The molecule has 0 aliphatic carbocycles. The Bertz CT molecular complexity index is 354. The van der Waals surface area contributed by atoms with Crippen molar-refractivity contribution in [3.8, 4) is 5.75 Å². The maximum atomic E-state index is 5.55. The van der Waals surface area contributed by atoms with Crippen LogP contribution in [-0.4, -0.2) is 38.2 Å². The van der Waals surface area contributed by atoms with Crippen LogP contribution < -0.4 is 10.1 Å². The molecule has 2 rings (SSSR count). The maximum absolute atomic E-state index is 5.55. The van der Waals surface area contributed by atoms with Crippen LogP contribution in [-0.2, 0) is 0 Å². The van der Waals surface area contributed by atoms with Crippen molar-refractivity contribution in [2.24, 2.45) is 0 Å². The molecule has 1 aliphatic rings. The van der Waals surface area contributed by atoms with Crippen molar-refractivity contribution in [2.75, 3.05) is 33.3 Å². The largest absolute Gasteiger partial charge is 0.494 e. The van der Waals surface area contributed by atoms with Gasteiger partial charge in [0.25, 0.3) is 0 Å². The van der Waals surface area contributed by atoms with Crippen LogP contribution in [0.3, 0.4) is 0 Å². The molecule has 0 bridgehead atoms. The lowest BCUT2D eigenvalue weighted by molar-refractivity contribution is 0.339. The Kier molecular flexibility index (Phi) is 4.40. The first-order valence-electron chi connectivity index (χ1n) is 6.44. The Hall–Kier alpha value is -1.06. The summed E-state index contributed by atoms with van der Waals surface area (Å²) in [5.74, 6) is 0.976. The molecule has 94 valence electrons. The smallest absolute Gasteiger partial charge is 0.119 e. The summed E-state index contributed by atoms with van der Waals surface area (Å²) in [6.07, 6.45) is 1.16. The van der Waals surface area contributed by atoms with E-state index in [4.69, 9.17) is 4.74 Å². The van der Waals surface area contributed by atoms with E-state index in [0.29, 0.717) is 6.04 Å². The molecule has 1 aromatic carbocycles. The van der Waals surface area contributed by atoms with Crippen molar-refractivity contribution in [3.63, 3.8) is 0 Å². The fourth-order valence-electron chi connectivity index (χ4n) is 2.27. The molecule has 1 N–H and O–H groups in total. The highest BCUT2D eigenvalue weighted by Gasteiger charge is 2.15. The minimum Gasteiger partial charge on any atom is -0.494 e. The third-order valence-electron chi connectivity index (χ3n) is 3.26. The molecule has 0 radical (unpaired) electrons. The molecule has 17 heavy (non-hydrogen) atoms. The van der Waals surface area contributed by atoms with E-state index < -0.39 is 0 Å². The van der Waals surface area contributed by atoms with Crippen molar-refractivity contribution in [1.82, 2.24) is 10.2 Å². The van der Waals surface area contributed by atoms with Gasteiger partial charge in [-0.3, -0.25) is 0 Å². The van der Waals surface area contributed by atoms with Gasteiger partial charge in [0.05, 0.1) is 6.61 Å². The molecule has 0 spiro atoms. The molecule has 1 fully saturated rings. The molecule has 1 aromatic rings. The molecule has 1 heterocycles. The maximum Gasteiger partial charge on any atom is 0.119 e. The van der Waals surface area contributed by atoms with Gasteiger partial charge in [-0.1, -0.05) is 12.1 Å². The summed E-state index contributed by atoms with van der Waals surface area (Å²) in [6, 6.07) is 8.91. The highest BCUT2D eigenvalue weighted by molar-refractivity contribution is 5.30. The lowest BCUT2D eigenvalue weighted by Gasteiger charge is -2.17. The monoisotopic (exact) mass is 234 g/mol. The summed E-state index contributed by atoms with van der Waals surface area (Å²) >= 11 is 0. The van der Waals surface area contributed by atoms with Crippen LogP contribution in [0.1, 0.15) is 24.9 Å². The molecular weight excluding hydrogens is 212 g/mol. The second kappa shape index (κ2) is 6.03. The molecule has 3 nitrogen and oxygen atoms in total. The zero-order chi connectivity index (χ0) is 12.1. The SMILES string of the molecule is CCOc1cccc(C2CCN(C)CCN2)c1. The molecule has 1 saturated heterocycles. The van der Waals surface area contributed by atoms with Crippen LogP contribution in [0, 0.1) is 0 Å². The predicted molar refractivity (Wildman–Crippen MR) is 70.5 cm³/mol. The number of nitrogens with zero attached hydrogens (tertiary/aromatic N) is 1. The zero-order valence-corrected chi connectivity index (χ0v) is 10.8. The molecule has 3 heteroatoms. The summed E-state index contributed by atoms with van der Waals surface area (Å²) in [7, 11) is 2.18. The Labute approximate surface area is 104 Å². The van der Waals surface area contributed by atoms with Crippen molar-refractivity contribution in [2.45, 2.75) is 19.4 Å². The van der Waals surface area contributed by atoms with E-state index in [1.807, 2.05) is 13.0 Å².